The van der Waals surface area contributed by atoms with Gasteiger partial charge in [-0.3, -0.25) is 0 Å². The number of para-hydroxylation sites is 1. The molecule has 1 aromatic carbocycles. The molecule has 0 N–H and O–H groups in total. The molecule has 0 spiro atoms. The normalized spacial score (nSPS) is 14.4. The monoisotopic (exact) mass is 302 g/mol. The zero-order valence-corrected chi connectivity index (χ0v) is 11.7. The van der Waals surface area contributed by atoms with E-state index in [0.29, 0.717) is 0 Å². The first-order chi connectivity index (χ1) is 8.90. The number of benzene rings is 1. The summed E-state index contributed by atoms with van der Waals surface area (Å²) >= 11 is 3.55. The van der Waals surface area contributed by atoms with Crippen LogP contribution in [0.25, 0.3) is 0 Å². The summed E-state index contributed by atoms with van der Waals surface area (Å²) in [4.78, 5) is 6.91. The Labute approximate surface area is 116 Å². The third-order valence-electron chi connectivity index (χ3n) is 3.38. The lowest BCUT2D eigenvalue weighted by Gasteiger charge is -2.31. The zero-order valence-electron chi connectivity index (χ0n) is 10.1. The Hall–Kier alpha value is -1.35. The van der Waals surface area contributed by atoms with Crippen molar-refractivity contribution in [1.29, 1.82) is 0 Å². The number of halogens is 1. The van der Waals surface area contributed by atoms with E-state index in [-0.39, 0.29) is 0 Å². The van der Waals surface area contributed by atoms with Crippen molar-refractivity contribution in [2.75, 3.05) is 11.4 Å². The molecule has 2 nitrogen and oxygen atoms in total. The summed E-state index contributed by atoms with van der Waals surface area (Å²) in [7, 11) is 0. The summed E-state index contributed by atoms with van der Waals surface area (Å²) < 4.78 is 0. The molecule has 0 bridgehead atoms. The van der Waals surface area contributed by atoms with Crippen LogP contribution in [0.15, 0.2) is 42.6 Å². The van der Waals surface area contributed by atoms with E-state index >= 15 is 0 Å². The molecule has 18 heavy (non-hydrogen) atoms. The zero-order chi connectivity index (χ0) is 12.4. The van der Waals surface area contributed by atoms with Gasteiger partial charge in [-0.15, -0.1) is 0 Å². The van der Waals surface area contributed by atoms with Crippen LogP contribution in [0.2, 0.25) is 0 Å². The van der Waals surface area contributed by atoms with Gasteiger partial charge in [-0.05, 0) is 30.5 Å². The van der Waals surface area contributed by atoms with Gasteiger partial charge in [0.2, 0.25) is 0 Å². The maximum absolute atomic E-state index is 4.57. The van der Waals surface area contributed by atoms with Crippen molar-refractivity contribution in [3.63, 3.8) is 0 Å². The topological polar surface area (TPSA) is 16.1 Å². The molecule has 0 saturated carbocycles. The van der Waals surface area contributed by atoms with Gasteiger partial charge in [0.15, 0.2) is 0 Å². The summed E-state index contributed by atoms with van der Waals surface area (Å²) in [5, 5.41) is 0.842. The molecule has 2 heterocycles. The van der Waals surface area contributed by atoms with Crippen LogP contribution in [0.5, 0.6) is 0 Å². The van der Waals surface area contributed by atoms with Crippen molar-refractivity contribution in [1.82, 2.24) is 4.98 Å². The fourth-order valence-electron chi connectivity index (χ4n) is 2.53. The van der Waals surface area contributed by atoms with Crippen molar-refractivity contribution in [2.45, 2.75) is 18.2 Å². The molecule has 92 valence electrons. The Morgan fingerprint density at radius 2 is 2.06 bits per heavy atom. The highest BCUT2D eigenvalue weighted by Gasteiger charge is 2.20. The molecular formula is C15H15BrN2. The van der Waals surface area contributed by atoms with Gasteiger partial charge in [0, 0.05) is 29.3 Å². The summed E-state index contributed by atoms with van der Waals surface area (Å²) in [6, 6.07) is 12.8. The van der Waals surface area contributed by atoms with Crippen molar-refractivity contribution in [3.8, 4) is 0 Å². The number of anilines is 2. The maximum Gasteiger partial charge on any atom is 0.137 e. The second kappa shape index (κ2) is 5.11. The molecule has 1 aliphatic rings. The molecule has 0 unspecified atom stereocenters. The van der Waals surface area contributed by atoms with Gasteiger partial charge in [-0.2, -0.15) is 0 Å². The first kappa shape index (κ1) is 11.7. The number of rotatable bonds is 2. The molecule has 0 amide bonds. The Kier molecular flexibility index (Phi) is 3.33. The molecule has 3 heteroatoms. The van der Waals surface area contributed by atoms with Crippen LogP contribution in [0.3, 0.4) is 0 Å². The Morgan fingerprint density at radius 1 is 1.17 bits per heavy atom. The van der Waals surface area contributed by atoms with E-state index < -0.39 is 0 Å². The number of fused-ring (bicyclic) bond motifs is 1. The molecule has 0 atom stereocenters. The first-order valence-corrected chi connectivity index (χ1v) is 7.37. The van der Waals surface area contributed by atoms with E-state index in [0.717, 1.165) is 17.7 Å². The second-order valence-electron chi connectivity index (χ2n) is 4.50. The lowest BCUT2D eigenvalue weighted by Crippen LogP contribution is -2.26. The highest BCUT2D eigenvalue weighted by atomic mass is 79.9. The van der Waals surface area contributed by atoms with E-state index in [1.165, 1.54) is 29.7 Å². The molecule has 0 fully saturated rings. The van der Waals surface area contributed by atoms with Gasteiger partial charge >= 0.3 is 0 Å². The van der Waals surface area contributed by atoms with E-state index in [4.69, 9.17) is 0 Å². The number of hydrogen-bond acceptors (Lipinski definition) is 2. The lowest BCUT2D eigenvalue weighted by molar-refractivity contribution is 0.757. The van der Waals surface area contributed by atoms with Gasteiger partial charge < -0.3 is 4.90 Å². The van der Waals surface area contributed by atoms with Crippen molar-refractivity contribution in [2.24, 2.45) is 0 Å². The van der Waals surface area contributed by atoms with Crippen LogP contribution in [0, 0.1) is 0 Å². The quantitative estimate of drug-likeness (QED) is 0.778. The number of pyridine rings is 1. The van der Waals surface area contributed by atoms with E-state index in [1.807, 2.05) is 12.3 Å². The van der Waals surface area contributed by atoms with Gasteiger partial charge in [0.05, 0.1) is 0 Å². The molecule has 3 rings (SSSR count). The van der Waals surface area contributed by atoms with Crippen LogP contribution in [0.1, 0.15) is 17.5 Å². The number of hydrogen-bond donors (Lipinski definition) is 0. The van der Waals surface area contributed by atoms with E-state index in [9.17, 15) is 0 Å². The first-order valence-electron chi connectivity index (χ1n) is 6.25. The van der Waals surface area contributed by atoms with Gasteiger partial charge in [0.1, 0.15) is 5.82 Å². The summed E-state index contributed by atoms with van der Waals surface area (Å²) in [5.41, 5.74) is 3.98. The van der Waals surface area contributed by atoms with Crippen LogP contribution >= 0.6 is 15.9 Å². The van der Waals surface area contributed by atoms with Crippen LogP contribution < -0.4 is 4.90 Å². The average molecular weight is 303 g/mol. The number of alkyl halides is 1. The third kappa shape index (κ3) is 2.03. The Bertz CT molecular complexity index is 554. The minimum Gasteiger partial charge on any atom is -0.326 e. The molecular weight excluding hydrogens is 288 g/mol. The second-order valence-corrected chi connectivity index (χ2v) is 5.06. The predicted octanol–water partition coefficient (Wildman–Crippen LogP) is 4.06. The Morgan fingerprint density at radius 3 is 2.94 bits per heavy atom. The largest absolute Gasteiger partial charge is 0.326 e. The maximum atomic E-state index is 4.57. The van der Waals surface area contributed by atoms with Crippen LogP contribution in [0.4, 0.5) is 11.5 Å². The van der Waals surface area contributed by atoms with Crippen LogP contribution in [-0.2, 0) is 11.8 Å². The van der Waals surface area contributed by atoms with E-state index in [1.54, 1.807) is 0 Å². The predicted molar refractivity (Wildman–Crippen MR) is 78.6 cm³/mol. The van der Waals surface area contributed by atoms with Crippen molar-refractivity contribution >= 4 is 27.4 Å². The highest BCUT2D eigenvalue weighted by Crippen LogP contribution is 2.34. The SMILES string of the molecule is BrCc1cccnc1N1CCCc2ccccc21. The average Bonchev–Trinajstić information content (AvgIpc) is 2.46. The lowest BCUT2D eigenvalue weighted by atomic mass is 10.0. The highest BCUT2D eigenvalue weighted by molar-refractivity contribution is 9.08. The molecule has 0 saturated heterocycles. The van der Waals surface area contributed by atoms with E-state index in [2.05, 4.69) is 56.1 Å². The standard InChI is InChI=1S/C15H15BrN2/c16-11-13-6-3-9-17-15(13)18-10-4-7-12-5-1-2-8-14(12)18/h1-3,5-6,8-9H,4,7,10-11H2. The van der Waals surface area contributed by atoms with Gasteiger partial charge in [0.25, 0.3) is 0 Å². The minimum atomic E-state index is 0.842. The molecule has 0 radical (unpaired) electrons. The smallest absolute Gasteiger partial charge is 0.137 e. The molecule has 2 aromatic rings. The molecule has 1 aromatic heterocycles. The summed E-state index contributed by atoms with van der Waals surface area (Å²) in [5.74, 6) is 1.08. The van der Waals surface area contributed by atoms with Gasteiger partial charge in [-0.25, -0.2) is 4.98 Å². The third-order valence-corrected chi connectivity index (χ3v) is 3.98. The van der Waals surface area contributed by atoms with Gasteiger partial charge in [-0.1, -0.05) is 40.2 Å². The fraction of sp³-hybridized carbons (Fsp3) is 0.267. The summed E-state index contributed by atoms with van der Waals surface area (Å²) in [6.45, 7) is 1.05. The Balaban J connectivity index is 2.08. The van der Waals surface area contributed by atoms with Crippen molar-refractivity contribution < 1.29 is 0 Å². The number of aryl methyl sites for hydroxylation is 1. The fourth-order valence-corrected chi connectivity index (χ4v) is 2.97. The van der Waals surface area contributed by atoms with Crippen LogP contribution in [-0.4, -0.2) is 11.5 Å². The number of aromatic nitrogens is 1. The minimum absolute atomic E-state index is 0.842. The molecule has 1 aliphatic heterocycles. The molecule has 0 aliphatic carbocycles. The van der Waals surface area contributed by atoms with Crippen molar-refractivity contribution in [3.05, 3.63) is 53.7 Å². The summed E-state index contributed by atoms with van der Waals surface area (Å²) in [6.07, 6.45) is 4.23. The number of nitrogens with zero attached hydrogens (tertiary/aromatic N) is 2.